The number of esters is 1. The number of nitrogens with zero attached hydrogens (tertiary/aromatic N) is 3. The van der Waals surface area contributed by atoms with Crippen LogP contribution in [0.1, 0.15) is 12.6 Å². The summed E-state index contributed by atoms with van der Waals surface area (Å²) >= 11 is 0. The number of aryl methyl sites for hydroxylation is 1. The molecule has 0 radical (unpaired) electrons. The first-order valence-corrected chi connectivity index (χ1v) is 8.66. The molecule has 26 heavy (non-hydrogen) atoms. The molecule has 3 rings (SSSR count). The Bertz CT molecular complexity index is 913. The molecule has 1 N–H and O–H groups in total. The third-order valence-corrected chi connectivity index (χ3v) is 4.20. The Hall–Kier alpha value is -3.02. The van der Waals surface area contributed by atoms with E-state index in [4.69, 9.17) is 9.72 Å². The van der Waals surface area contributed by atoms with Gasteiger partial charge in [0.2, 0.25) is 0 Å². The van der Waals surface area contributed by atoms with Crippen molar-refractivity contribution >= 4 is 23.1 Å². The number of hydrogen-bond donors (Lipinski definition) is 1. The zero-order valence-corrected chi connectivity index (χ0v) is 15.6. The van der Waals surface area contributed by atoms with Crippen molar-refractivity contribution in [2.24, 2.45) is 0 Å². The molecule has 1 aromatic carbocycles. The molecule has 6 nitrogen and oxygen atoms in total. The second-order valence-electron chi connectivity index (χ2n) is 6.27. The molecule has 136 valence electrons. The zero-order valence-electron chi connectivity index (χ0n) is 15.6. The van der Waals surface area contributed by atoms with Gasteiger partial charge in [0.15, 0.2) is 0 Å². The van der Waals surface area contributed by atoms with Crippen LogP contribution in [0, 0.1) is 6.92 Å². The lowest BCUT2D eigenvalue weighted by Gasteiger charge is -2.13. The summed E-state index contributed by atoms with van der Waals surface area (Å²) in [5.41, 5.74) is 4.80. The topological polar surface area (TPSA) is 58.9 Å². The fourth-order valence-corrected chi connectivity index (χ4v) is 2.90. The predicted molar refractivity (Wildman–Crippen MR) is 105 cm³/mol. The van der Waals surface area contributed by atoms with Crippen molar-refractivity contribution in [1.82, 2.24) is 9.38 Å². The molecule has 0 saturated heterocycles. The average molecular weight is 352 g/mol. The van der Waals surface area contributed by atoms with E-state index in [1.807, 2.05) is 55.8 Å². The summed E-state index contributed by atoms with van der Waals surface area (Å²) in [6.07, 6.45) is 0. The van der Waals surface area contributed by atoms with E-state index in [2.05, 4.69) is 22.3 Å². The third kappa shape index (κ3) is 3.49. The Labute approximate surface area is 153 Å². The van der Waals surface area contributed by atoms with Crippen LogP contribution < -0.4 is 10.2 Å². The number of anilines is 2. The molecule has 6 heteroatoms. The van der Waals surface area contributed by atoms with Gasteiger partial charge in [0.1, 0.15) is 23.7 Å². The highest BCUT2D eigenvalue weighted by Crippen LogP contribution is 2.30. The first kappa shape index (κ1) is 17.8. The zero-order chi connectivity index (χ0) is 18.7. The molecule has 0 unspecified atom stereocenters. The number of hydrogen-bond acceptors (Lipinski definition) is 5. The Morgan fingerprint density at radius 1 is 1.19 bits per heavy atom. The minimum absolute atomic E-state index is 0.0960. The average Bonchev–Trinajstić information content (AvgIpc) is 3.00. The number of rotatable bonds is 6. The second kappa shape index (κ2) is 7.47. The molecule has 0 fully saturated rings. The molecule has 0 aliphatic heterocycles. The molecule has 2 aromatic heterocycles. The van der Waals surface area contributed by atoms with Crippen LogP contribution >= 0.6 is 0 Å². The van der Waals surface area contributed by atoms with Gasteiger partial charge in [0, 0.05) is 31.0 Å². The number of fused-ring (bicyclic) bond motifs is 1. The van der Waals surface area contributed by atoms with E-state index >= 15 is 0 Å². The molecule has 3 aromatic rings. The fraction of sp³-hybridized carbons (Fsp3) is 0.300. The molecule has 0 bridgehead atoms. The van der Waals surface area contributed by atoms with E-state index in [9.17, 15) is 4.79 Å². The van der Waals surface area contributed by atoms with Crippen LogP contribution in [0.3, 0.4) is 0 Å². The van der Waals surface area contributed by atoms with Crippen molar-refractivity contribution in [3.05, 3.63) is 48.2 Å². The maximum atomic E-state index is 11.8. The minimum Gasteiger partial charge on any atom is -0.465 e. The lowest BCUT2D eigenvalue weighted by Crippen LogP contribution is -2.18. The first-order chi connectivity index (χ1) is 12.5. The molecule has 0 saturated carbocycles. The van der Waals surface area contributed by atoms with Gasteiger partial charge in [-0.05, 0) is 38.1 Å². The van der Waals surface area contributed by atoms with Crippen molar-refractivity contribution in [3.63, 3.8) is 0 Å². The van der Waals surface area contributed by atoms with Gasteiger partial charge in [-0.15, -0.1) is 0 Å². The predicted octanol–water partition coefficient (Wildman–Crippen LogP) is 3.35. The number of carbonyl (C=O) groups is 1. The van der Waals surface area contributed by atoms with E-state index in [1.165, 1.54) is 0 Å². The van der Waals surface area contributed by atoms with E-state index in [1.54, 1.807) is 6.92 Å². The lowest BCUT2D eigenvalue weighted by atomic mass is 10.1. The van der Waals surface area contributed by atoms with Crippen LogP contribution in [0.2, 0.25) is 0 Å². The van der Waals surface area contributed by atoms with Gasteiger partial charge in [-0.2, -0.15) is 0 Å². The Balaban J connectivity index is 2.04. The molecule has 0 aliphatic carbocycles. The van der Waals surface area contributed by atoms with Gasteiger partial charge in [0.25, 0.3) is 0 Å². The number of benzene rings is 1. The number of aromatic nitrogens is 2. The highest BCUT2D eigenvalue weighted by Gasteiger charge is 2.16. The maximum Gasteiger partial charge on any atom is 0.325 e. The fourth-order valence-electron chi connectivity index (χ4n) is 2.90. The Morgan fingerprint density at radius 2 is 1.92 bits per heavy atom. The van der Waals surface area contributed by atoms with Crippen molar-refractivity contribution in [2.75, 3.05) is 37.5 Å². The summed E-state index contributed by atoms with van der Waals surface area (Å²) in [5.74, 6) is 0.508. The molecular formula is C20H24N4O2. The number of nitrogens with one attached hydrogen (secondary N) is 1. The van der Waals surface area contributed by atoms with Crippen molar-refractivity contribution in [3.8, 4) is 11.3 Å². The highest BCUT2D eigenvalue weighted by atomic mass is 16.5. The van der Waals surface area contributed by atoms with E-state index in [0.29, 0.717) is 6.61 Å². The lowest BCUT2D eigenvalue weighted by molar-refractivity contribution is -0.140. The second-order valence-corrected chi connectivity index (χ2v) is 6.27. The Kier molecular flexibility index (Phi) is 5.11. The molecule has 0 aliphatic rings. The highest BCUT2D eigenvalue weighted by molar-refractivity contribution is 5.81. The SMILES string of the molecule is CCOC(=O)CNc1c(-c2ccc(N(C)C)cc2)nc2cccc(C)n12. The summed E-state index contributed by atoms with van der Waals surface area (Å²) in [6, 6.07) is 14.2. The van der Waals surface area contributed by atoms with Gasteiger partial charge in [0.05, 0.1) is 6.61 Å². The van der Waals surface area contributed by atoms with Crippen LogP contribution in [0.15, 0.2) is 42.5 Å². The molecule has 0 atom stereocenters. The summed E-state index contributed by atoms with van der Waals surface area (Å²) in [6.45, 7) is 4.28. The van der Waals surface area contributed by atoms with Crippen LogP contribution in [-0.2, 0) is 9.53 Å². The van der Waals surface area contributed by atoms with E-state index < -0.39 is 0 Å². The standard InChI is InChI=1S/C20H24N4O2/c1-5-26-18(25)13-21-20-19(15-9-11-16(12-10-15)23(3)4)22-17-8-6-7-14(2)24(17)20/h6-12,21H,5,13H2,1-4H3. The largest absolute Gasteiger partial charge is 0.465 e. The van der Waals surface area contributed by atoms with Crippen molar-refractivity contribution < 1.29 is 9.53 Å². The van der Waals surface area contributed by atoms with E-state index in [-0.39, 0.29) is 12.5 Å². The van der Waals surface area contributed by atoms with Gasteiger partial charge in [-0.1, -0.05) is 18.2 Å². The number of imidazole rings is 1. The van der Waals surface area contributed by atoms with Crippen molar-refractivity contribution in [2.45, 2.75) is 13.8 Å². The number of pyridine rings is 1. The van der Waals surface area contributed by atoms with Gasteiger partial charge >= 0.3 is 5.97 Å². The third-order valence-electron chi connectivity index (χ3n) is 4.20. The van der Waals surface area contributed by atoms with Gasteiger partial charge in [-0.3, -0.25) is 9.20 Å². The summed E-state index contributed by atoms with van der Waals surface area (Å²) in [7, 11) is 4.02. The normalized spacial score (nSPS) is 10.8. The van der Waals surface area contributed by atoms with Gasteiger partial charge < -0.3 is 15.0 Å². The maximum absolute atomic E-state index is 11.8. The van der Waals surface area contributed by atoms with E-state index in [0.717, 1.165) is 34.1 Å². The first-order valence-electron chi connectivity index (χ1n) is 8.66. The molecular weight excluding hydrogens is 328 g/mol. The summed E-state index contributed by atoms with van der Waals surface area (Å²) in [5, 5.41) is 3.21. The molecule has 0 spiro atoms. The summed E-state index contributed by atoms with van der Waals surface area (Å²) < 4.78 is 7.06. The van der Waals surface area contributed by atoms with Crippen LogP contribution in [0.4, 0.5) is 11.5 Å². The van der Waals surface area contributed by atoms with Crippen LogP contribution in [0.25, 0.3) is 16.9 Å². The smallest absolute Gasteiger partial charge is 0.325 e. The summed E-state index contributed by atoms with van der Waals surface area (Å²) in [4.78, 5) is 18.6. The van der Waals surface area contributed by atoms with Crippen molar-refractivity contribution in [1.29, 1.82) is 0 Å². The quantitative estimate of drug-likeness (QED) is 0.690. The molecule has 2 heterocycles. The minimum atomic E-state index is -0.287. The molecule has 0 amide bonds. The van der Waals surface area contributed by atoms with Crippen LogP contribution in [-0.4, -0.2) is 42.6 Å². The number of ether oxygens (including phenoxy) is 1. The van der Waals surface area contributed by atoms with Gasteiger partial charge in [-0.25, -0.2) is 4.98 Å². The van der Waals surface area contributed by atoms with Crippen LogP contribution in [0.5, 0.6) is 0 Å². The monoisotopic (exact) mass is 352 g/mol. The number of carbonyl (C=O) groups excluding carboxylic acids is 1. The Morgan fingerprint density at radius 3 is 2.58 bits per heavy atom.